The van der Waals surface area contributed by atoms with Crippen LogP contribution >= 0.6 is 38.1 Å². The maximum absolute atomic E-state index is 16.0. The van der Waals surface area contributed by atoms with Crippen molar-refractivity contribution in [1.29, 1.82) is 0 Å². The number of nitrogen functional groups attached to an aromatic ring is 1. The van der Waals surface area contributed by atoms with Gasteiger partial charge in [0.05, 0.1) is 25.9 Å². The highest BCUT2D eigenvalue weighted by Gasteiger charge is 2.54. The molecule has 3 fully saturated rings. The molecule has 4 aromatic heterocycles. The van der Waals surface area contributed by atoms with Crippen molar-refractivity contribution >= 4 is 66.2 Å². The Bertz CT molecular complexity index is 1950. The van der Waals surface area contributed by atoms with Crippen LogP contribution in [0.5, 0.6) is 0 Å². The largest absolute Gasteiger partial charge is 0.386 e. The van der Waals surface area contributed by atoms with Crippen molar-refractivity contribution in [1.82, 2.24) is 39.0 Å². The van der Waals surface area contributed by atoms with Crippen LogP contribution in [0.1, 0.15) is 18.3 Å². The zero-order valence-electron chi connectivity index (χ0n) is 22.8. The van der Waals surface area contributed by atoms with Crippen molar-refractivity contribution in [3.05, 3.63) is 35.2 Å². The molecule has 3 aliphatic rings. The number of H-pyrrole nitrogens is 1. The van der Waals surface area contributed by atoms with E-state index in [9.17, 15) is 19.0 Å². The molecule has 0 aliphatic carbocycles. The smallest absolute Gasteiger partial charge is 0.386 e. The predicted molar refractivity (Wildman–Crippen MR) is 156 cm³/mol. The number of aliphatic hydroxyl groups is 1. The molecule has 0 unspecified atom stereocenters. The van der Waals surface area contributed by atoms with E-state index in [1.54, 1.807) is 0 Å². The standard InChI is InChI=1S/C21H24FN9O10P2S2/c1-7-28-18-12(19(33)29-7)27-6-31(18)20-10(22)14-8(38-20)2-36-43(35,45)41-15-9(3-37-42(34,44)40-14)39-21(13(15)32)30-5-26-11-16(23)24-4-25-17(11)30/h4-6,8-10,13-15,20-21,32H,2-3H2,1H3,(H,34,44)(H,35,45)(H2,23,24,25)(H,28,29,33)/t8-,9-,10-,13-,14-,15-,20-,21-,42+,43-/m1/s1. The van der Waals surface area contributed by atoms with Crippen molar-refractivity contribution in [3.63, 3.8) is 0 Å². The number of aromatic amines is 1. The van der Waals surface area contributed by atoms with E-state index < -0.39 is 81.5 Å². The summed E-state index contributed by atoms with van der Waals surface area (Å²) in [4.78, 5) is 35.2. The number of aryl methyl sites for hydroxylation is 1. The average molecular weight is 708 g/mol. The number of nitrogens with two attached hydrogens (primary N) is 1. The molecule has 3 saturated heterocycles. The molecule has 45 heavy (non-hydrogen) atoms. The van der Waals surface area contributed by atoms with Gasteiger partial charge in [0.15, 0.2) is 41.3 Å². The molecule has 0 bridgehead atoms. The first-order valence-electron chi connectivity index (χ1n) is 13.1. The van der Waals surface area contributed by atoms with Crippen LogP contribution in [0.15, 0.2) is 23.8 Å². The molecule has 242 valence electrons. The minimum absolute atomic E-state index is 0.0176. The van der Waals surface area contributed by atoms with E-state index in [2.05, 4.69) is 54.4 Å². The fourth-order valence-electron chi connectivity index (χ4n) is 5.37. The summed E-state index contributed by atoms with van der Waals surface area (Å²) < 4.78 is 79.2. The number of aromatic nitrogens is 8. The highest BCUT2D eigenvalue weighted by molar-refractivity contribution is 8.44. The molecule has 0 saturated carbocycles. The molecule has 4 aromatic rings. The Balaban J connectivity index is 1.17. The van der Waals surface area contributed by atoms with Gasteiger partial charge < -0.3 is 25.3 Å². The van der Waals surface area contributed by atoms with Crippen LogP contribution in [0.25, 0.3) is 22.3 Å². The van der Waals surface area contributed by atoms with Gasteiger partial charge in [-0.15, -0.1) is 0 Å². The molecule has 7 rings (SSSR count). The summed E-state index contributed by atoms with van der Waals surface area (Å²) in [6.07, 6.45) is -8.35. The first-order chi connectivity index (χ1) is 21.3. The number of thiol groups is 2. The number of hydrogen-bond donors (Lipinski definition) is 5. The number of aliphatic hydroxyl groups excluding tert-OH is 1. The van der Waals surface area contributed by atoms with Gasteiger partial charge in [0.25, 0.3) is 5.56 Å². The van der Waals surface area contributed by atoms with E-state index in [0.717, 1.165) is 6.33 Å². The Kier molecular flexibility index (Phi) is 7.84. The second kappa shape index (κ2) is 11.3. The molecule has 24 heteroatoms. The van der Waals surface area contributed by atoms with E-state index >= 15 is 4.39 Å². The zero-order chi connectivity index (χ0) is 31.8. The number of nitrogens with zero attached hydrogens (tertiary/aromatic N) is 7. The van der Waals surface area contributed by atoms with Crippen molar-refractivity contribution in [2.24, 2.45) is 0 Å². The van der Waals surface area contributed by atoms with Crippen LogP contribution in [0.3, 0.4) is 0 Å². The van der Waals surface area contributed by atoms with Crippen LogP contribution in [-0.4, -0.2) is 94.0 Å². The van der Waals surface area contributed by atoms with Crippen LogP contribution in [0.4, 0.5) is 10.2 Å². The number of imidazole rings is 2. The van der Waals surface area contributed by atoms with Crippen molar-refractivity contribution in [2.75, 3.05) is 18.9 Å². The second-order valence-electron chi connectivity index (χ2n) is 10.3. The van der Waals surface area contributed by atoms with Gasteiger partial charge >= 0.3 is 13.6 Å². The lowest BCUT2D eigenvalue weighted by atomic mass is 10.1. The summed E-state index contributed by atoms with van der Waals surface area (Å²) in [5.41, 5.74) is 5.71. The molecule has 4 N–H and O–H groups in total. The lowest BCUT2D eigenvalue weighted by Crippen LogP contribution is -2.37. The fourth-order valence-corrected chi connectivity index (χ4v) is 8.35. The monoisotopic (exact) mass is 707 g/mol. The molecule has 3 aliphatic heterocycles. The quantitative estimate of drug-likeness (QED) is 0.145. The molecule has 0 spiro atoms. The average Bonchev–Trinajstić information content (AvgIpc) is 3.72. The minimum atomic E-state index is -4.38. The molecule has 19 nitrogen and oxygen atoms in total. The van der Waals surface area contributed by atoms with Crippen molar-refractivity contribution < 1.29 is 46.2 Å². The number of rotatable bonds is 2. The Morgan fingerprint density at radius 1 is 0.956 bits per heavy atom. The predicted octanol–water partition coefficient (Wildman–Crippen LogP) is 1.24. The maximum atomic E-state index is 16.0. The normalized spacial score (nSPS) is 37.7. The van der Waals surface area contributed by atoms with Gasteiger partial charge in [-0.3, -0.25) is 32.0 Å². The topological polar surface area (TPSA) is 243 Å². The van der Waals surface area contributed by atoms with E-state index in [0.29, 0.717) is 0 Å². The summed E-state index contributed by atoms with van der Waals surface area (Å²) in [5.74, 6) is 0.326. The molecule has 10 atom stereocenters. The molecule has 0 radical (unpaired) electrons. The van der Waals surface area contributed by atoms with Gasteiger partial charge in [0, 0.05) is 0 Å². The first-order valence-corrected chi connectivity index (χ1v) is 18.5. The summed E-state index contributed by atoms with van der Waals surface area (Å²) in [7, 11) is 0. The number of halogens is 1. The first kappa shape index (κ1) is 31.1. The van der Waals surface area contributed by atoms with Crippen molar-refractivity contribution in [2.45, 2.75) is 56.1 Å². The lowest BCUT2D eigenvalue weighted by Gasteiger charge is -2.28. The van der Waals surface area contributed by atoms with E-state index in [1.807, 2.05) is 0 Å². The third-order valence-electron chi connectivity index (χ3n) is 7.38. The van der Waals surface area contributed by atoms with Crippen molar-refractivity contribution in [3.8, 4) is 0 Å². The second-order valence-corrected chi connectivity index (χ2v) is 16.0. The third-order valence-corrected chi connectivity index (χ3v) is 10.6. The Labute approximate surface area is 261 Å². The zero-order valence-corrected chi connectivity index (χ0v) is 26.3. The van der Waals surface area contributed by atoms with Gasteiger partial charge in [-0.1, -0.05) is 24.5 Å². The lowest BCUT2D eigenvalue weighted by molar-refractivity contribution is -0.0555. The number of ether oxygens (including phenoxy) is 2. The maximum Gasteiger partial charge on any atom is 0.386 e. The number of nitrogens with one attached hydrogen (secondary N) is 1. The number of fused-ring (bicyclic) bond motifs is 4. The van der Waals surface area contributed by atoms with Crippen LogP contribution in [0.2, 0.25) is 0 Å². The summed E-state index contributed by atoms with van der Waals surface area (Å²) in [5, 5.41) is 11.2. The Morgan fingerprint density at radius 3 is 2.27 bits per heavy atom. The molecular formula is C21H24FN9O10P2S2. The van der Waals surface area contributed by atoms with Gasteiger partial charge in [-0.05, 0) is 6.92 Å². The van der Waals surface area contributed by atoms with Crippen LogP contribution < -0.4 is 11.3 Å². The molecule has 7 heterocycles. The molecular weight excluding hydrogens is 683 g/mol. The van der Waals surface area contributed by atoms with Gasteiger partial charge in [0.2, 0.25) is 0 Å². The SMILES string of the molecule is Cc1nc2c(ncn2[C@@H]2O[C@@H]3CO[P@@](=O)(S)O[C@H]4[C@@H](O)[C@H](n5cnc6c(N)ncnc65)O[C@@H]4CO[P@](=O)(S)O[C@H]3[C@H]2F)c(=O)[nH]1. The van der Waals surface area contributed by atoms with Gasteiger partial charge in [-0.25, -0.2) is 38.4 Å². The van der Waals surface area contributed by atoms with Gasteiger partial charge in [-0.2, -0.15) is 0 Å². The summed E-state index contributed by atoms with van der Waals surface area (Å²) in [6.45, 7) is -8.41. The van der Waals surface area contributed by atoms with E-state index in [1.165, 1.54) is 28.7 Å². The van der Waals surface area contributed by atoms with Gasteiger partial charge in [0.1, 0.15) is 48.2 Å². The Morgan fingerprint density at radius 2 is 1.56 bits per heavy atom. The summed E-state index contributed by atoms with van der Waals surface area (Å²) >= 11 is 8.06. The third kappa shape index (κ3) is 5.61. The number of hydrogen-bond acceptors (Lipinski definition) is 16. The molecule has 0 aromatic carbocycles. The highest BCUT2D eigenvalue weighted by atomic mass is 32.7. The highest BCUT2D eigenvalue weighted by Crippen LogP contribution is 2.60. The van der Waals surface area contributed by atoms with Crippen LogP contribution in [0, 0.1) is 6.92 Å². The fraction of sp³-hybridized carbons (Fsp3) is 0.524. The Hall–Kier alpha value is -2.49. The minimum Gasteiger partial charge on any atom is -0.386 e. The summed E-state index contributed by atoms with van der Waals surface area (Å²) in [6, 6.07) is 0. The number of alkyl halides is 1. The van der Waals surface area contributed by atoms with E-state index in [4.69, 9.17) is 33.3 Å². The molecule has 0 amide bonds. The van der Waals surface area contributed by atoms with E-state index in [-0.39, 0.29) is 34.0 Å². The number of anilines is 1. The van der Waals surface area contributed by atoms with Crippen LogP contribution in [-0.2, 0) is 36.7 Å².